The van der Waals surface area contributed by atoms with Crippen molar-refractivity contribution < 1.29 is 0 Å². The van der Waals surface area contributed by atoms with Crippen LogP contribution in [0.3, 0.4) is 0 Å². The summed E-state index contributed by atoms with van der Waals surface area (Å²) in [6, 6.07) is 5.83. The first-order valence-corrected chi connectivity index (χ1v) is 6.31. The van der Waals surface area contributed by atoms with E-state index in [9.17, 15) is 0 Å². The second-order valence-electron chi connectivity index (χ2n) is 2.86. The third-order valence-corrected chi connectivity index (χ3v) is 3.83. The number of nitrogens with zero attached hydrogens (tertiary/aromatic N) is 1. The average Bonchev–Trinajstić information content (AvgIpc) is 2.23. The Bertz CT molecular complexity index is 485. The zero-order valence-corrected chi connectivity index (χ0v) is 11.0. The van der Waals surface area contributed by atoms with Gasteiger partial charge < -0.3 is 0 Å². The molecule has 2 rings (SSSR count). The van der Waals surface area contributed by atoms with Gasteiger partial charge in [0.2, 0.25) is 0 Å². The highest BCUT2D eigenvalue weighted by molar-refractivity contribution is 9.11. The van der Waals surface area contributed by atoms with Gasteiger partial charge in [0.05, 0.1) is 10.5 Å². The molecule has 1 aromatic carbocycles. The Balaban J connectivity index is 2.87. The van der Waals surface area contributed by atoms with Crippen molar-refractivity contribution in [1.82, 2.24) is 4.98 Å². The Hall–Kier alpha value is -0.120. The highest BCUT2D eigenvalue weighted by Crippen LogP contribution is 2.32. The second kappa shape index (κ2) is 4.17. The summed E-state index contributed by atoms with van der Waals surface area (Å²) in [5.41, 5.74) is 1.97. The molecule has 1 aromatic heterocycles. The molecule has 0 unspecified atom stereocenters. The number of fused-ring (bicyclic) bond motifs is 1. The van der Waals surface area contributed by atoms with Gasteiger partial charge in [0.25, 0.3) is 0 Å². The predicted molar refractivity (Wildman–Crippen MR) is 67.1 cm³/mol. The molecule has 4 heteroatoms. The van der Waals surface area contributed by atoms with E-state index < -0.39 is 0 Å². The van der Waals surface area contributed by atoms with E-state index in [4.69, 9.17) is 11.6 Å². The van der Waals surface area contributed by atoms with Gasteiger partial charge in [-0.1, -0.05) is 33.6 Å². The van der Waals surface area contributed by atoms with Crippen LogP contribution < -0.4 is 0 Å². The first-order chi connectivity index (χ1) is 6.74. The second-order valence-corrected chi connectivity index (χ2v) is 4.63. The number of rotatable bonds is 1. The van der Waals surface area contributed by atoms with Gasteiger partial charge in [-0.3, -0.25) is 4.98 Å². The summed E-state index contributed by atoms with van der Waals surface area (Å²) in [5, 5.41) is 2.52. The molecule has 0 fully saturated rings. The first kappa shape index (κ1) is 10.4. The minimum Gasteiger partial charge on any atom is -0.255 e. The van der Waals surface area contributed by atoms with Crippen molar-refractivity contribution >= 4 is 54.4 Å². The quantitative estimate of drug-likeness (QED) is 0.697. The molecule has 0 saturated heterocycles. The third kappa shape index (κ3) is 1.69. The van der Waals surface area contributed by atoms with Crippen molar-refractivity contribution in [3.8, 4) is 0 Å². The molecular weight excluding hydrogens is 329 g/mol. The molecule has 72 valence electrons. The van der Waals surface area contributed by atoms with Gasteiger partial charge in [0.15, 0.2) is 0 Å². The summed E-state index contributed by atoms with van der Waals surface area (Å²) in [6.45, 7) is 0. The number of alkyl halides is 1. The highest BCUT2D eigenvalue weighted by atomic mass is 79.9. The number of aromatic nitrogens is 1. The monoisotopic (exact) mass is 333 g/mol. The summed E-state index contributed by atoms with van der Waals surface area (Å²) < 4.78 is 1.06. The fraction of sp³-hybridized carbons (Fsp3) is 0.100. The molecule has 0 bridgehead atoms. The molecule has 0 atom stereocenters. The Morgan fingerprint density at radius 3 is 2.93 bits per heavy atom. The molecule has 1 heterocycles. The lowest BCUT2D eigenvalue weighted by atomic mass is 10.1. The van der Waals surface area contributed by atoms with E-state index in [0.29, 0.717) is 5.02 Å². The summed E-state index contributed by atoms with van der Waals surface area (Å²) >= 11 is 13.1. The van der Waals surface area contributed by atoms with Crippen LogP contribution in [0.1, 0.15) is 5.56 Å². The van der Waals surface area contributed by atoms with Crippen molar-refractivity contribution in [2.24, 2.45) is 0 Å². The fourth-order valence-electron chi connectivity index (χ4n) is 1.33. The lowest BCUT2D eigenvalue weighted by Crippen LogP contribution is -1.86. The van der Waals surface area contributed by atoms with Crippen LogP contribution in [0.25, 0.3) is 10.9 Å². The molecule has 0 amide bonds. The van der Waals surface area contributed by atoms with Gasteiger partial charge in [0.1, 0.15) is 0 Å². The maximum Gasteiger partial charge on any atom is 0.0899 e. The summed E-state index contributed by atoms with van der Waals surface area (Å²) in [7, 11) is 0. The lowest BCUT2D eigenvalue weighted by Gasteiger charge is -2.06. The van der Waals surface area contributed by atoms with Crippen LogP contribution >= 0.6 is 43.5 Å². The van der Waals surface area contributed by atoms with Gasteiger partial charge in [-0.05, 0) is 33.6 Å². The van der Waals surface area contributed by atoms with E-state index in [1.54, 1.807) is 6.20 Å². The van der Waals surface area contributed by atoms with Gasteiger partial charge >= 0.3 is 0 Å². The van der Waals surface area contributed by atoms with Gasteiger partial charge in [0, 0.05) is 21.4 Å². The minimum absolute atomic E-state index is 0.693. The molecule has 1 nitrogen and oxygen atoms in total. The van der Waals surface area contributed by atoms with Crippen LogP contribution in [0.4, 0.5) is 0 Å². The van der Waals surface area contributed by atoms with E-state index in [2.05, 4.69) is 36.8 Å². The molecule has 0 aliphatic carbocycles. The molecule has 14 heavy (non-hydrogen) atoms. The highest BCUT2D eigenvalue weighted by Gasteiger charge is 2.08. The average molecular weight is 335 g/mol. The van der Waals surface area contributed by atoms with Crippen LogP contribution in [0.5, 0.6) is 0 Å². The SMILES string of the molecule is Clc1cc(CBr)c(Br)c2cccnc12. The van der Waals surface area contributed by atoms with E-state index in [1.807, 2.05) is 18.2 Å². The standard InChI is InChI=1S/C10H6Br2ClN/c11-5-6-4-8(13)10-7(9(6)12)2-1-3-14-10/h1-4H,5H2. The zero-order valence-electron chi connectivity index (χ0n) is 7.10. The van der Waals surface area contributed by atoms with E-state index in [-0.39, 0.29) is 0 Å². The molecule has 0 spiro atoms. The number of hydrogen-bond donors (Lipinski definition) is 0. The van der Waals surface area contributed by atoms with Crippen molar-refractivity contribution in [1.29, 1.82) is 0 Å². The predicted octanol–water partition coefficient (Wildman–Crippen LogP) is 4.55. The summed E-state index contributed by atoms with van der Waals surface area (Å²) in [4.78, 5) is 4.24. The topological polar surface area (TPSA) is 12.9 Å². The van der Waals surface area contributed by atoms with E-state index >= 15 is 0 Å². The normalized spacial score (nSPS) is 10.8. The summed E-state index contributed by atoms with van der Waals surface area (Å²) in [5.74, 6) is 0. The fourth-order valence-corrected chi connectivity index (χ4v) is 3.00. The summed E-state index contributed by atoms with van der Waals surface area (Å²) in [6.07, 6.45) is 1.74. The van der Waals surface area contributed by atoms with Crippen LogP contribution in [-0.4, -0.2) is 4.98 Å². The lowest BCUT2D eigenvalue weighted by molar-refractivity contribution is 1.37. The number of benzene rings is 1. The van der Waals surface area contributed by atoms with E-state index in [0.717, 1.165) is 26.3 Å². The van der Waals surface area contributed by atoms with Crippen molar-refractivity contribution in [3.05, 3.63) is 39.5 Å². The smallest absolute Gasteiger partial charge is 0.0899 e. The van der Waals surface area contributed by atoms with Gasteiger partial charge in [-0.2, -0.15) is 0 Å². The Morgan fingerprint density at radius 2 is 2.21 bits per heavy atom. The maximum atomic E-state index is 6.11. The first-order valence-electron chi connectivity index (χ1n) is 4.01. The molecule has 0 N–H and O–H groups in total. The van der Waals surface area contributed by atoms with Crippen LogP contribution in [0, 0.1) is 0 Å². The van der Waals surface area contributed by atoms with Crippen molar-refractivity contribution in [2.75, 3.05) is 0 Å². The van der Waals surface area contributed by atoms with Crippen LogP contribution in [0.2, 0.25) is 5.02 Å². The third-order valence-electron chi connectivity index (χ3n) is 2.00. The van der Waals surface area contributed by atoms with Gasteiger partial charge in [-0.15, -0.1) is 0 Å². The maximum absolute atomic E-state index is 6.11. The van der Waals surface area contributed by atoms with Crippen molar-refractivity contribution in [3.63, 3.8) is 0 Å². The van der Waals surface area contributed by atoms with Gasteiger partial charge in [-0.25, -0.2) is 0 Å². The number of pyridine rings is 1. The van der Waals surface area contributed by atoms with E-state index in [1.165, 1.54) is 0 Å². The number of hydrogen-bond acceptors (Lipinski definition) is 1. The molecular formula is C10H6Br2ClN. The Labute approximate surface area is 104 Å². The minimum atomic E-state index is 0.693. The molecule has 0 radical (unpaired) electrons. The van der Waals surface area contributed by atoms with Crippen LogP contribution in [0.15, 0.2) is 28.9 Å². The molecule has 0 saturated carbocycles. The number of halogens is 3. The molecule has 0 aliphatic rings. The molecule has 0 aliphatic heterocycles. The zero-order chi connectivity index (χ0) is 10.1. The molecule has 2 aromatic rings. The van der Waals surface area contributed by atoms with Crippen molar-refractivity contribution in [2.45, 2.75) is 5.33 Å². The van der Waals surface area contributed by atoms with Crippen LogP contribution in [-0.2, 0) is 5.33 Å². The Morgan fingerprint density at radius 1 is 1.43 bits per heavy atom. The Kier molecular flexibility index (Phi) is 3.10. The largest absolute Gasteiger partial charge is 0.255 e.